The van der Waals surface area contributed by atoms with Crippen LogP contribution in [-0.2, 0) is 16.0 Å². The minimum absolute atomic E-state index is 0.116. The number of carbonyl (C=O) groups is 1. The fourth-order valence-corrected chi connectivity index (χ4v) is 5.54. The second-order valence-corrected chi connectivity index (χ2v) is 8.83. The molecule has 2 fully saturated rings. The number of aryl methyl sites for hydroxylation is 1. The van der Waals surface area contributed by atoms with Crippen molar-refractivity contribution in [2.24, 2.45) is 17.3 Å². The van der Waals surface area contributed by atoms with Crippen LogP contribution in [0.15, 0.2) is 21.4 Å². The Morgan fingerprint density at radius 2 is 2.04 bits per heavy atom. The van der Waals surface area contributed by atoms with Crippen LogP contribution in [0.25, 0.3) is 0 Å². The molecule has 2 saturated carbocycles. The number of halogens is 2. The second-order valence-electron chi connectivity index (χ2n) is 8.08. The highest BCUT2D eigenvalue weighted by Gasteiger charge is 2.53. The molecule has 0 saturated heterocycles. The molecule has 1 heterocycles. The van der Waals surface area contributed by atoms with E-state index in [9.17, 15) is 4.79 Å². The third-order valence-electron chi connectivity index (χ3n) is 6.41. The number of rotatable bonds is 6. The van der Waals surface area contributed by atoms with Crippen LogP contribution in [0.1, 0.15) is 57.7 Å². The van der Waals surface area contributed by atoms with E-state index in [1.54, 1.807) is 0 Å². The maximum atomic E-state index is 13.2. The first-order valence-electron chi connectivity index (χ1n) is 9.69. The van der Waals surface area contributed by atoms with Crippen molar-refractivity contribution in [2.75, 3.05) is 6.61 Å². The lowest BCUT2D eigenvalue weighted by molar-refractivity contribution is -0.124. The first-order valence-corrected chi connectivity index (χ1v) is 10.4. The SMILES string of the molecule is CC1(C2CCCC2)CC2CC(OCCCc3nn[nH]n3)=C(Cl)C(Cl)=C2C1=O. The van der Waals surface area contributed by atoms with Crippen molar-refractivity contribution in [3.05, 3.63) is 27.2 Å². The zero-order chi connectivity index (χ0) is 19.0. The average molecular weight is 411 g/mol. The summed E-state index contributed by atoms with van der Waals surface area (Å²) in [4.78, 5) is 13.2. The Labute approximate surface area is 168 Å². The number of ketones is 1. The molecular weight excluding hydrogens is 387 g/mol. The van der Waals surface area contributed by atoms with Crippen molar-refractivity contribution < 1.29 is 9.53 Å². The Morgan fingerprint density at radius 3 is 2.74 bits per heavy atom. The van der Waals surface area contributed by atoms with Gasteiger partial charge < -0.3 is 4.74 Å². The maximum Gasteiger partial charge on any atom is 0.174 e. The van der Waals surface area contributed by atoms with Crippen LogP contribution in [-0.4, -0.2) is 33.0 Å². The largest absolute Gasteiger partial charge is 0.496 e. The molecule has 3 aliphatic carbocycles. The highest BCUT2D eigenvalue weighted by molar-refractivity contribution is 6.45. The quantitative estimate of drug-likeness (QED) is 0.707. The number of carbonyl (C=O) groups excluding carboxylic acids is 1. The van der Waals surface area contributed by atoms with Crippen LogP contribution in [0.4, 0.5) is 0 Å². The molecule has 1 aromatic heterocycles. The van der Waals surface area contributed by atoms with Crippen molar-refractivity contribution >= 4 is 29.0 Å². The fourth-order valence-electron chi connectivity index (χ4n) is 4.96. The number of aromatic nitrogens is 4. The van der Waals surface area contributed by atoms with E-state index < -0.39 is 0 Å². The van der Waals surface area contributed by atoms with Gasteiger partial charge in [-0.05, 0) is 37.5 Å². The number of hydrogen-bond donors (Lipinski definition) is 1. The molecule has 0 radical (unpaired) electrons. The summed E-state index contributed by atoms with van der Waals surface area (Å²) in [6, 6.07) is 0. The van der Waals surface area contributed by atoms with Gasteiger partial charge in [0.05, 0.1) is 16.7 Å². The molecule has 8 heteroatoms. The van der Waals surface area contributed by atoms with Crippen LogP contribution in [0.2, 0.25) is 0 Å². The van der Waals surface area contributed by atoms with Crippen LogP contribution in [0.5, 0.6) is 0 Å². The van der Waals surface area contributed by atoms with E-state index in [2.05, 4.69) is 27.5 Å². The van der Waals surface area contributed by atoms with Gasteiger partial charge in [-0.1, -0.05) is 48.2 Å². The van der Waals surface area contributed by atoms with Gasteiger partial charge in [0.25, 0.3) is 0 Å². The van der Waals surface area contributed by atoms with E-state index in [0.717, 1.165) is 31.3 Å². The number of nitrogens with zero attached hydrogens (tertiary/aromatic N) is 3. The van der Waals surface area contributed by atoms with Crippen molar-refractivity contribution in [2.45, 2.75) is 58.3 Å². The van der Waals surface area contributed by atoms with Gasteiger partial charge in [0, 0.05) is 23.8 Å². The summed E-state index contributed by atoms with van der Waals surface area (Å²) in [5.41, 5.74) is 0.428. The Bertz CT molecular complexity index is 784. The summed E-state index contributed by atoms with van der Waals surface area (Å²) in [5.74, 6) is 2.15. The number of hydrogen-bond acceptors (Lipinski definition) is 5. The lowest BCUT2D eigenvalue weighted by atomic mass is 9.73. The molecule has 0 aromatic carbocycles. The molecule has 1 aromatic rings. The van der Waals surface area contributed by atoms with Gasteiger partial charge in [0.1, 0.15) is 5.76 Å². The van der Waals surface area contributed by atoms with Gasteiger partial charge in [-0.2, -0.15) is 5.21 Å². The van der Waals surface area contributed by atoms with Crippen molar-refractivity contribution in [3.8, 4) is 0 Å². The Hall–Kier alpha value is -1.40. The Morgan fingerprint density at radius 1 is 1.26 bits per heavy atom. The minimum Gasteiger partial charge on any atom is -0.496 e. The van der Waals surface area contributed by atoms with Crippen molar-refractivity contribution in [1.29, 1.82) is 0 Å². The predicted octanol–water partition coefficient (Wildman–Crippen LogP) is 4.28. The number of nitrogens with one attached hydrogen (secondary N) is 1. The van der Waals surface area contributed by atoms with E-state index in [1.807, 2.05) is 0 Å². The summed E-state index contributed by atoms with van der Waals surface area (Å²) in [5, 5.41) is 14.6. The summed E-state index contributed by atoms with van der Waals surface area (Å²) >= 11 is 13.0. The second kappa shape index (κ2) is 7.55. The van der Waals surface area contributed by atoms with Gasteiger partial charge in [0.15, 0.2) is 11.6 Å². The average Bonchev–Trinajstić information content (AvgIpc) is 3.39. The molecule has 146 valence electrons. The Balaban J connectivity index is 1.43. The first-order chi connectivity index (χ1) is 13.0. The van der Waals surface area contributed by atoms with Gasteiger partial charge in [-0.25, -0.2) is 0 Å². The van der Waals surface area contributed by atoms with Gasteiger partial charge >= 0.3 is 0 Å². The van der Waals surface area contributed by atoms with E-state index in [1.165, 1.54) is 12.8 Å². The summed E-state index contributed by atoms with van der Waals surface area (Å²) in [6.07, 6.45) is 7.66. The van der Waals surface area contributed by atoms with Crippen LogP contribution >= 0.6 is 23.2 Å². The van der Waals surface area contributed by atoms with E-state index in [-0.39, 0.29) is 17.1 Å². The molecule has 0 bridgehead atoms. The molecule has 27 heavy (non-hydrogen) atoms. The zero-order valence-corrected chi connectivity index (χ0v) is 16.9. The molecule has 0 aliphatic heterocycles. The van der Waals surface area contributed by atoms with E-state index in [0.29, 0.717) is 47.0 Å². The van der Waals surface area contributed by atoms with Crippen LogP contribution < -0.4 is 0 Å². The van der Waals surface area contributed by atoms with E-state index >= 15 is 0 Å². The smallest absolute Gasteiger partial charge is 0.174 e. The topological polar surface area (TPSA) is 80.8 Å². The number of tetrazole rings is 1. The number of Topliss-reactive ketones (excluding diaryl/α,β-unsaturated/α-hetero) is 1. The zero-order valence-electron chi connectivity index (χ0n) is 15.4. The van der Waals surface area contributed by atoms with Crippen LogP contribution in [0, 0.1) is 17.3 Å². The first kappa shape index (κ1) is 18.9. The fraction of sp³-hybridized carbons (Fsp3) is 0.684. The van der Waals surface area contributed by atoms with Crippen molar-refractivity contribution in [1.82, 2.24) is 20.6 Å². The van der Waals surface area contributed by atoms with Gasteiger partial charge in [0.2, 0.25) is 0 Å². The van der Waals surface area contributed by atoms with E-state index in [4.69, 9.17) is 27.9 Å². The predicted molar refractivity (Wildman–Crippen MR) is 102 cm³/mol. The minimum atomic E-state index is -0.304. The molecule has 0 amide bonds. The molecule has 2 unspecified atom stereocenters. The summed E-state index contributed by atoms with van der Waals surface area (Å²) in [7, 11) is 0. The molecular formula is C19H24Cl2N4O2. The standard InChI is InChI=1S/C19H24Cl2N4O2/c1-19(12-5-2-3-6-12)10-11-9-13(16(20)17(21)15(11)18(19)26)27-8-4-7-14-22-24-25-23-14/h11-12H,2-10H2,1H3,(H,22,23,24,25). The normalized spacial score (nSPS) is 29.0. The van der Waals surface area contributed by atoms with Gasteiger partial charge in [-0.15, -0.1) is 10.2 Å². The Kier molecular flexibility index (Phi) is 5.30. The van der Waals surface area contributed by atoms with Crippen LogP contribution in [0.3, 0.4) is 0 Å². The molecule has 4 rings (SSSR count). The number of aromatic amines is 1. The maximum absolute atomic E-state index is 13.2. The molecule has 3 aliphatic rings. The lowest BCUT2D eigenvalue weighted by Crippen LogP contribution is -2.30. The lowest BCUT2D eigenvalue weighted by Gasteiger charge is -2.29. The highest BCUT2D eigenvalue weighted by atomic mass is 35.5. The number of H-pyrrole nitrogens is 1. The summed E-state index contributed by atoms with van der Waals surface area (Å²) in [6.45, 7) is 2.63. The van der Waals surface area contributed by atoms with Crippen molar-refractivity contribution in [3.63, 3.8) is 0 Å². The molecule has 1 N–H and O–H groups in total. The monoisotopic (exact) mass is 410 g/mol. The number of ether oxygens (including phenoxy) is 1. The molecule has 2 atom stereocenters. The number of fused-ring (bicyclic) bond motifs is 1. The third-order valence-corrected chi connectivity index (χ3v) is 7.30. The van der Waals surface area contributed by atoms with Gasteiger partial charge in [-0.3, -0.25) is 4.79 Å². The summed E-state index contributed by atoms with van der Waals surface area (Å²) < 4.78 is 5.93. The molecule has 0 spiro atoms. The molecule has 6 nitrogen and oxygen atoms in total. The highest BCUT2D eigenvalue weighted by Crippen LogP contribution is 2.56. The number of allylic oxidation sites excluding steroid dienone is 4. The third kappa shape index (κ3) is 3.42.